The molecule has 5 aromatic carbocycles. The minimum atomic E-state index is -0.0607. The number of anilines is 1. The van der Waals surface area contributed by atoms with Crippen molar-refractivity contribution in [1.82, 2.24) is 0 Å². The predicted octanol–water partition coefficient (Wildman–Crippen LogP) is 12.0. The van der Waals surface area contributed by atoms with Gasteiger partial charge in [0.2, 0.25) is 0 Å². The summed E-state index contributed by atoms with van der Waals surface area (Å²) >= 11 is 0. The maximum Gasteiger partial charge on any atom is 0.125 e. The van der Waals surface area contributed by atoms with E-state index >= 15 is 0 Å². The van der Waals surface area contributed by atoms with E-state index < -0.39 is 0 Å². The zero-order chi connectivity index (χ0) is 35.2. The monoisotopic (exact) mass is 675 g/mol. The zero-order valence-electron chi connectivity index (χ0n) is 29.2. The van der Waals surface area contributed by atoms with E-state index in [1.165, 1.54) is 33.4 Å². The Morgan fingerprint density at radius 3 is 2.19 bits per heavy atom. The number of nitrogens with one attached hydrogen (secondary N) is 1. The highest BCUT2D eigenvalue weighted by molar-refractivity contribution is 5.94. The van der Waals surface area contributed by atoms with Gasteiger partial charge in [-0.15, -0.1) is 0 Å². The molecule has 0 spiro atoms. The highest BCUT2D eigenvalue weighted by Crippen LogP contribution is 2.48. The molecule has 3 aliphatic carbocycles. The van der Waals surface area contributed by atoms with E-state index in [0.29, 0.717) is 5.76 Å². The number of benzene rings is 5. The molecule has 0 fully saturated rings. The topological polar surface area (TPSA) is 52.5 Å². The van der Waals surface area contributed by atoms with Crippen molar-refractivity contribution < 1.29 is 10.2 Å². The molecule has 9 rings (SSSR count). The smallest absolute Gasteiger partial charge is 0.125 e. The Kier molecular flexibility index (Phi) is 8.12. The predicted molar refractivity (Wildman–Crippen MR) is 215 cm³/mol. The third kappa shape index (κ3) is 5.63. The second kappa shape index (κ2) is 13.2. The number of phenolic OH excluding ortho intramolecular Hbond substituents is 1. The molecule has 3 nitrogen and oxygen atoms in total. The summed E-state index contributed by atoms with van der Waals surface area (Å²) in [6.45, 7) is 2.22. The summed E-state index contributed by atoms with van der Waals surface area (Å²) in [5, 5.41) is 26.9. The van der Waals surface area contributed by atoms with Gasteiger partial charge in [0.1, 0.15) is 11.5 Å². The van der Waals surface area contributed by atoms with Gasteiger partial charge >= 0.3 is 0 Å². The molecule has 0 saturated carbocycles. The Morgan fingerprint density at radius 1 is 0.654 bits per heavy atom. The molecule has 1 aliphatic heterocycles. The molecule has 0 saturated heterocycles. The van der Waals surface area contributed by atoms with Gasteiger partial charge in [0.05, 0.1) is 0 Å². The van der Waals surface area contributed by atoms with Crippen LogP contribution in [0.25, 0.3) is 33.4 Å². The van der Waals surface area contributed by atoms with Crippen LogP contribution in [0.15, 0.2) is 181 Å². The van der Waals surface area contributed by atoms with E-state index in [-0.39, 0.29) is 29.5 Å². The summed E-state index contributed by atoms with van der Waals surface area (Å²) in [5.74, 6) is 0.815. The third-order valence-electron chi connectivity index (χ3n) is 11.3. The molecule has 3 heteroatoms. The van der Waals surface area contributed by atoms with E-state index in [2.05, 4.69) is 140 Å². The Morgan fingerprint density at radius 2 is 1.37 bits per heavy atom. The van der Waals surface area contributed by atoms with Crippen molar-refractivity contribution in [3.63, 3.8) is 0 Å². The third-order valence-corrected chi connectivity index (χ3v) is 11.3. The van der Waals surface area contributed by atoms with Crippen molar-refractivity contribution in [3.8, 4) is 28.0 Å². The number of fused-ring (bicyclic) bond motifs is 11. The minimum absolute atomic E-state index is 0.0214. The molecular weight excluding hydrogens is 635 g/mol. The van der Waals surface area contributed by atoms with Crippen LogP contribution in [0.3, 0.4) is 0 Å². The van der Waals surface area contributed by atoms with Gasteiger partial charge in [-0.2, -0.15) is 0 Å². The minimum Gasteiger partial charge on any atom is -0.508 e. The van der Waals surface area contributed by atoms with Gasteiger partial charge in [-0.1, -0.05) is 151 Å². The number of rotatable bonds is 3. The van der Waals surface area contributed by atoms with Gasteiger partial charge in [0.25, 0.3) is 0 Å². The van der Waals surface area contributed by atoms with Crippen LogP contribution in [-0.4, -0.2) is 16.3 Å². The van der Waals surface area contributed by atoms with Crippen LogP contribution in [0.5, 0.6) is 5.75 Å². The van der Waals surface area contributed by atoms with Crippen LogP contribution in [0, 0.1) is 18.8 Å². The number of hydrogen-bond acceptors (Lipinski definition) is 3. The van der Waals surface area contributed by atoms with Crippen LogP contribution in [0.2, 0.25) is 0 Å². The lowest BCUT2D eigenvalue weighted by Gasteiger charge is -2.36. The van der Waals surface area contributed by atoms with Crippen LogP contribution in [0.1, 0.15) is 41.0 Å². The van der Waals surface area contributed by atoms with E-state index in [0.717, 1.165) is 51.9 Å². The fourth-order valence-corrected chi connectivity index (χ4v) is 8.89. The normalized spacial score (nSPS) is 21.8. The second-order valence-corrected chi connectivity index (χ2v) is 14.4. The van der Waals surface area contributed by atoms with E-state index in [1.54, 1.807) is 6.07 Å². The molecule has 5 aromatic rings. The number of aliphatic hydroxyl groups excluding tert-OH is 1. The average molecular weight is 676 g/mol. The molecule has 4 atom stereocenters. The first-order valence-electron chi connectivity index (χ1n) is 18.3. The summed E-state index contributed by atoms with van der Waals surface area (Å²) in [6, 6.07) is 41.9. The Bertz CT molecular complexity index is 2370. The number of aliphatic hydroxyl groups is 1. The quantitative estimate of drug-likeness (QED) is 0.178. The van der Waals surface area contributed by atoms with Gasteiger partial charge in [-0.05, 0) is 88.1 Å². The summed E-state index contributed by atoms with van der Waals surface area (Å²) < 4.78 is 0. The maximum absolute atomic E-state index is 11.6. The maximum atomic E-state index is 11.6. The Balaban J connectivity index is 1.29. The molecule has 254 valence electrons. The number of hydrogen-bond donors (Lipinski definition) is 3. The SMILES string of the molecule is Cc1c2cccc1-c1ccccc1-c1c(O)cccc1NC1C=C(C3CC=CC(O)=C3c3ccccc3)C=C(C1)C1C=C2C=CC1c1ccccc1. The van der Waals surface area contributed by atoms with Gasteiger partial charge in [0.15, 0.2) is 0 Å². The van der Waals surface area contributed by atoms with Crippen molar-refractivity contribution in [1.29, 1.82) is 0 Å². The zero-order valence-corrected chi connectivity index (χ0v) is 29.2. The lowest BCUT2D eigenvalue weighted by atomic mass is 9.70. The first-order chi connectivity index (χ1) is 25.5. The molecule has 6 bridgehead atoms. The fourth-order valence-electron chi connectivity index (χ4n) is 8.89. The van der Waals surface area contributed by atoms with Crippen LogP contribution in [0.4, 0.5) is 5.69 Å². The lowest BCUT2D eigenvalue weighted by Crippen LogP contribution is -2.27. The Labute approximate surface area is 306 Å². The van der Waals surface area contributed by atoms with Gasteiger partial charge in [-0.25, -0.2) is 0 Å². The molecule has 0 radical (unpaired) electrons. The fraction of sp³-hybridized carbons (Fsp3) is 0.143. The van der Waals surface area contributed by atoms with Crippen molar-refractivity contribution >= 4 is 16.8 Å². The molecule has 4 unspecified atom stereocenters. The average Bonchev–Trinajstić information content (AvgIpc) is 3.18. The van der Waals surface area contributed by atoms with Crippen molar-refractivity contribution in [2.45, 2.75) is 31.7 Å². The van der Waals surface area contributed by atoms with Crippen molar-refractivity contribution in [2.24, 2.45) is 11.8 Å². The molecule has 52 heavy (non-hydrogen) atoms. The van der Waals surface area contributed by atoms with Gasteiger partial charge in [0, 0.05) is 40.6 Å². The second-order valence-electron chi connectivity index (χ2n) is 14.4. The summed E-state index contributed by atoms with van der Waals surface area (Å²) in [6.07, 6.45) is 17.5. The van der Waals surface area contributed by atoms with Crippen LogP contribution < -0.4 is 5.32 Å². The summed E-state index contributed by atoms with van der Waals surface area (Å²) in [4.78, 5) is 0. The first kappa shape index (κ1) is 31.9. The lowest BCUT2D eigenvalue weighted by molar-refractivity contribution is 0.427. The largest absolute Gasteiger partial charge is 0.508 e. The van der Waals surface area contributed by atoms with Gasteiger partial charge in [-0.3, -0.25) is 0 Å². The van der Waals surface area contributed by atoms with Gasteiger partial charge < -0.3 is 15.5 Å². The molecule has 0 amide bonds. The highest BCUT2D eigenvalue weighted by Gasteiger charge is 2.33. The first-order valence-corrected chi connectivity index (χ1v) is 18.3. The summed E-state index contributed by atoms with van der Waals surface area (Å²) in [7, 11) is 0. The van der Waals surface area contributed by atoms with E-state index in [4.69, 9.17) is 0 Å². The number of phenols is 1. The van der Waals surface area contributed by atoms with Crippen LogP contribution >= 0.6 is 0 Å². The molecule has 1 heterocycles. The molecular formula is C49H41NO2. The summed E-state index contributed by atoms with van der Waals surface area (Å²) in [5.41, 5.74) is 14.4. The Hall–Kier alpha value is -6.06. The highest BCUT2D eigenvalue weighted by atomic mass is 16.3. The van der Waals surface area contributed by atoms with Crippen molar-refractivity contribution in [2.75, 3.05) is 5.32 Å². The van der Waals surface area contributed by atoms with Crippen LogP contribution in [-0.2, 0) is 0 Å². The van der Waals surface area contributed by atoms with E-state index in [1.807, 2.05) is 30.3 Å². The van der Waals surface area contributed by atoms with E-state index in [9.17, 15) is 10.2 Å². The van der Waals surface area contributed by atoms with Crippen molar-refractivity contribution in [3.05, 3.63) is 203 Å². The standard InChI is InChI=1S/C49H41NO2/c1-31-38-19-10-20-39(31)42-17-8-9-18-43(42)49-45(22-12-24-47(49)52)50-37-28-35(41-21-11-23-46(51)48(41)33-15-6-3-7-16-33)27-36(29-37)44-30-34(38)25-26-40(44)32-13-4-2-5-14-32/h2-20,22-28,30,37,40-41,44,50-52H,21,29H2,1H3. The number of aromatic hydroxyl groups is 1. The molecule has 4 aliphatic rings. The molecule has 3 N–H and O–H groups in total. The molecule has 0 aromatic heterocycles. The number of allylic oxidation sites excluding steroid dienone is 9.